The lowest BCUT2D eigenvalue weighted by Gasteiger charge is -2.29. The summed E-state index contributed by atoms with van der Waals surface area (Å²) in [6.45, 7) is 6.89. The zero-order chi connectivity index (χ0) is 18.5. The lowest BCUT2D eigenvalue weighted by molar-refractivity contribution is -0.122. The van der Waals surface area contributed by atoms with Gasteiger partial charge in [-0.15, -0.1) is 0 Å². The topological polar surface area (TPSA) is 50.8 Å². The molecule has 1 aliphatic heterocycles. The summed E-state index contributed by atoms with van der Waals surface area (Å²) in [6, 6.07) is 13.2. The molecule has 0 radical (unpaired) electrons. The van der Waals surface area contributed by atoms with E-state index in [1.54, 1.807) is 19.1 Å². The molecule has 3 rings (SSSR count). The van der Waals surface area contributed by atoms with Crippen LogP contribution < -0.4 is 15.0 Å². The fourth-order valence-corrected chi connectivity index (χ4v) is 3.04. The van der Waals surface area contributed by atoms with Crippen LogP contribution >= 0.6 is 11.6 Å². The normalized spacial score (nSPS) is 15.4. The summed E-state index contributed by atoms with van der Waals surface area (Å²) in [6.07, 6.45) is -0.617. The van der Waals surface area contributed by atoms with Crippen LogP contribution in [-0.2, 0) is 9.53 Å². The lowest BCUT2D eigenvalue weighted by atomic mass is 10.2. The summed E-state index contributed by atoms with van der Waals surface area (Å²) in [5.74, 6) is 0.457. The van der Waals surface area contributed by atoms with E-state index < -0.39 is 6.10 Å². The van der Waals surface area contributed by atoms with Crippen molar-refractivity contribution in [3.8, 4) is 5.75 Å². The van der Waals surface area contributed by atoms with E-state index in [1.807, 2.05) is 37.3 Å². The number of anilines is 2. The molecule has 1 N–H and O–H groups in total. The van der Waals surface area contributed by atoms with Crippen LogP contribution in [0.3, 0.4) is 0 Å². The van der Waals surface area contributed by atoms with Crippen LogP contribution in [0.1, 0.15) is 12.5 Å². The van der Waals surface area contributed by atoms with Crippen LogP contribution in [0.2, 0.25) is 5.02 Å². The Labute approximate surface area is 158 Å². The Hall–Kier alpha value is -2.24. The highest BCUT2D eigenvalue weighted by Crippen LogP contribution is 2.23. The maximum Gasteiger partial charge on any atom is 0.265 e. The number of benzene rings is 2. The van der Waals surface area contributed by atoms with Gasteiger partial charge in [-0.05, 0) is 61.9 Å². The standard InChI is InChI=1S/C20H23ClN2O3/c1-14-13-16(21)3-8-19(14)26-15(2)20(24)22-17-4-6-18(7-5-17)23-9-11-25-12-10-23/h3-8,13,15H,9-12H2,1-2H3,(H,22,24)/t15-/m0/s1. The van der Waals surface area contributed by atoms with E-state index >= 15 is 0 Å². The minimum Gasteiger partial charge on any atom is -0.481 e. The second kappa shape index (κ2) is 8.43. The van der Waals surface area contributed by atoms with E-state index in [1.165, 1.54) is 0 Å². The molecule has 1 heterocycles. The van der Waals surface area contributed by atoms with Crippen LogP contribution in [0.15, 0.2) is 42.5 Å². The van der Waals surface area contributed by atoms with Gasteiger partial charge in [0.1, 0.15) is 5.75 Å². The van der Waals surface area contributed by atoms with E-state index in [-0.39, 0.29) is 5.91 Å². The molecule has 0 spiro atoms. The first-order valence-corrected chi connectivity index (χ1v) is 9.07. The monoisotopic (exact) mass is 374 g/mol. The maximum absolute atomic E-state index is 12.4. The number of halogens is 1. The molecule has 6 heteroatoms. The molecule has 1 aliphatic rings. The summed E-state index contributed by atoms with van der Waals surface area (Å²) < 4.78 is 11.1. The minimum atomic E-state index is -0.617. The number of morpholine rings is 1. The van der Waals surface area contributed by atoms with Gasteiger partial charge in [0.2, 0.25) is 0 Å². The van der Waals surface area contributed by atoms with Crippen LogP contribution in [0, 0.1) is 6.92 Å². The molecule has 1 fully saturated rings. The third-order valence-electron chi connectivity index (χ3n) is 4.32. The third kappa shape index (κ3) is 4.68. The molecule has 1 atom stereocenters. The average Bonchev–Trinajstić information content (AvgIpc) is 2.65. The van der Waals surface area contributed by atoms with Gasteiger partial charge < -0.3 is 19.7 Å². The summed E-state index contributed by atoms with van der Waals surface area (Å²) >= 11 is 5.95. The first-order valence-electron chi connectivity index (χ1n) is 8.69. The number of nitrogens with one attached hydrogen (secondary N) is 1. The highest BCUT2D eigenvalue weighted by molar-refractivity contribution is 6.30. The third-order valence-corrected chi connectivity index (χ3v) is 4.56. The smallest absolute Gasteiger partial charge is 0.265 e. The minimum absolute atomic E-state index is 0.196. The molecule has 0 aliphatic carbocycles. The number of ether oxygens (including phenoxy) is 2. The number of carbonyl (C=O) groups is 1. The maximum atomic E-state index is 12.4. The van der Waals surface area contributed by atoms with Crippen molar-refractivity contribution in [2.24, 2.45) is 0 Å². The number of aryl methyl sites for hydroxylation is 1. The van der Waals surface area contributed by atoms with Crippen LogP contribution in [-0.4, -0.2) is 38.3 Å². The number of hydrogen-bond donors (Lipinski definition) is 1. The van der Waals surface area contributed by atoms with E-state index in [9.17, 15) is 4.79 Å². The average molecular weight is 375 g/mol. The molecule has 26 heavy (non-hydrogen) atoms. The Morgan fingerprint density at radius 1 is 1.19 bits per heavy atom. The predicted molar refractivity (Wildman–Crippen MR) is 104 cm³/mol. The van der Waals surface area contributed by atoms with Crippen molar-refractivity contribution < 1.29 is 14.3 Å². The summed E-state index contributed by atoms with van der Waals surface area (Å²) in [4.78, 5) is 14.7. The number of rotatable bonds is 5. The van der Waals surface area contributed by atoms with Crippen molar-refractivity contribution in [2.75, 3.05) is 36.5 Å². The molecule has 5 nitrogen and oxygen atoms in total. The molecule has 0 bridgehead atoms. The van der Waals surface area contributed by atoms with Crippen molar-refractivity contribution in [1.29, 1.82) is 0 Å². The van der Waals surface area contributed by atoms with E-state index in [4.69, 9.17) is 21.1 Å². The van der Waals surface area contributed by atoms with Gasteiger partial charge in [-0.1, -0.05) is 11.6 Å². The number of carbonyl (C=O) groups excluding carboxylic acids is 1. The van der Waals surface area contributed by atoms with Crippen LogP contribution in [0.5, 0.6) is 5.75 Å². The van der Waals surface area contributed by atoms with Crippen molar-refractivity contribution >= 4 is 28.9 Å². The van der Waals surface area contributed by atoms with Gasteiger partial charge in [-0.3, -0.25) is 4.79 Å². The first-order chi connectivity index (χ1) is 12.5. The molecular weight excluding hydrogens is 352 g/mol. The highest BCUT2D eigenvalue weighted by atomic mass is 35.5. The molecule has 1 saturated heterocycles. The highest BCUT2D eigenvalue weighted by Gasteiger charge is 2.16. The van der Waals surface area contributed by atoms with Crippen LogP contribution in [0.4, 0.5) is 11.4 Å². The molecular formula is C20H23ClN2O3. The predicted octanol–water partition coefficient (Wildman–Crippen LogP) is 3.89. The number of nitrogens with zero attached hydrogens (tertiary/aromatic N) is 1. The molecule has 0 unspecified atom stereocenters. The van der Waals surface area contributed by atoms with Gasteiger partial charge in [0.05, 0.1) is 13.2 Å². The Morgan fingerprint density at radius 3 is 2.54 bits per heavy atom. The summed E-state index contributed by atoms with van der Waals surface area (Å²) in [5, 5.41) is 3.54. The Balaban J connectivity index is 1.58. The number of amides is 1. The second-order valence-corrected chi connectivity index (χ2v) is 6.74. The van der Waals surface area contributed by atoms with Gasteiger partial charge in [0.15, 0.2) is 6.10 Å². The molecule has 1 amide bonds. The molecule has 0 saturated carbocycles. The van der Waals surface area contributed by atoms with Crippen LogP contribution in [0.25, 0.3) is 0 Å². The second-order valence-electron chi connectivity index (χ2n) is 6.31. The first kappa shape index (κ1) is 18.5. The Morgan fingerprint density at radius 2 is 1.88 bits per heavy atom. The van der Waals surface area contributed by atoms with E-state index in [0.717, 1.165) is 43.2 Å². The van der Waals surface area contributed by atoms with E-state index in [0.29, 0.717) is 10.8 Å². The van der Waals surface area contributed by atoms with Gasteiger partial charge in [-0.25, -0.2) is 0 Å². The zero-order valence-corrected chi connectivity index (χ0v) is 15.8. The molecule has 0 aromatic heterocycles. The van der Waals surface area contributed by atoms with Gasteiger partial charge in [-0.2, -0.15) is 0 Å². The van der Waals surface area contributed by atoms with Crippen molar-refractivity contribution in [2.45, 2.75) is 20.0 Å². The fraction of sp³-hybridized carbons (Fsp3) is 0.350. The largest absolute Gasteiger partial charge is 0.481 e. The lowest BCUT2D eigenvalue weighted by Crippen LogP contribution is -2.36. The summed E-state index contributed by atoms with van der Waals surface area (Å²) in [7, 11) is 0. The number of hydrogen-bond acceptors (Lipinski definition) is 4. The van der Waals surface area contributed by atoms with Gasteiger partial charge in [0, 0.05) is 29.5 Å². The fourth-order valence-electron chi connectivity index (χ4n) is 2.81. The van der Waals surface area contributed by atoms with E-state index in [2.05, 4.69) is 10.2 Å². The zero-order valence-electron chi connectivity index (χ0n) is 15.0. The summed E-state index contributed by atoms with van der Waals surface area (Å²) in [5.41, 5.74) is 2.77. The Kier molecular flexibility index (Phi) is 6.01. The Bertz CT molecular complexity index is 758. The quantitative estimate of drug-likeness (QED) is 0.862. The SMILES string of the molecule is Cc1cc(Cl)ccc1O[C@@H](C)C(=O)Nc1ccc(N2CCOCC2)cc1. The van der Waals surface area contributed by atoms with Crippen molar-refractivity contribution in [3.63, 3.8) is 0 Å². The molecule has 2 aromatic rings. The van der Waals surface area contributed by atoms with Gasteiger partial charge in [0.25, 0.3) is 5.91 Å². The van der Waals surface area contributed by atoms with Crippen molar-refractivity contribution in [1.82, 2.24) is 0 Å². The molecule has 2 aromatic carbocycles. The van der Waals surface area contributed by atoms with Gasteiger partial charge >= 0.3 is 0 Å². The molecule has 138 valence electrons. The van der Waals surface area contributed by atoms with Crippen molar-refractivity contribution in [3.05, 3.63) is 53.1 Å².